The number of ether oxygens (including phenoxy) is 6. The van der Waals surface area contributed by atoms with Crippen LogP contribution in [-0.4, -0.2) is 142 Å². The molecule has 2 saturated heterocycles. The summed E-state index contributed by atoms with van der Waals surface area (Å²) in [5.74, 6) is -0.970. The number of carbonyl (C=O) groups excluding carboxylic acids is 2. The SMILES string of the molecule is CCCCC/C=C/C/C=C/C/C=C/CCCCCCC(=O)OC[C@@H](CO[C@@H]1O[C@H](CO[C@@H]2O[C@H](CO)[C@H](O)C(O)C2O)[C@H](O)C(O)C1O)OC(=O)CCCCCCC/C=C/C/C=C/CCCCC. The molecule has 68 heavy (non-hydrogen) atoms. The van der Waals surface area contributed by atoms with Gasteiger partial charge in [-0.1, -0.05) is 132 Å². The van der Waals surface area contributed by atoms with Crippen molar-refractivity contribution in [1.82, 2.24) is 0 Å². The number of unbranched alkanes of at least 4 members (excludes halogenated alkanes) is 15. The molecule has 11 atom stereocenters. The molecule has 392 valence electrons. The molecule has 0 spiro atoms. The first kappa shape index (κ1) is 61.3. The molecule has 0 aromatic rings. The quantitative estimate of drug-likeness (QED) is 0.0183. The average Bonchev–Trinajstić information content (AvgIpc) is 3.33. The minimum atomic E-state index is -1.77. The molecule has 15 nitrogen and oxygen atoms in total. The summed E-state index contributed by atoms with van der Waals surface area (Å²) in [5, 5.41) is 72.1. The highest BCUT2D eigenvalue weighted by atomic mass is 16.7. The molecule has 2 aliphatic rings. The Balaban J connectivity index is 1.83. The zero-order valence-corrected chi connectivity index (χ0v) is 41.3. The number of aliphatic hydroxyl groups is 7. The number of carbonyl (C=O) groups is 2. The second kappa shape index (κ2) is 39.9. The third kappa shape index (κ3) is 27.6. The van der Waals surface area contributed by atoms with E-state index in [0.29, 0.717) is 12.8 Å². The number of rotatable bonds is 39. The lowest BCUT2D eigenvalue weighted by molar-refractivity contribution is -0.332. The topological polar surface area (TPSA) is 231 Å². The molecule has 0 saturated carbocycles. The van der Waals surface area contributed by atoms with Gasteiger partial charge in [0.2, 0.25) is 0 Å². The lowest BCUT2D eigenvalue weighted by Gasteiger charge is -2.42. The third-order valence-electron chi connectivity index (χ3n) is 12.0. The molecule has 2 rings (SSSR count). The molecule has 0 aliphatic carbocycles. The van der Waals surface area contributed by atoms with Crippen molar-refractivity contribution < 1.29 is 73.8 Å². The van der Waals surface area contributed by atoms with Crippen molar-refractivity contribution in [2.24, 2.45) is 0 Å². The fourth-order valence-electron chi connectivity index (χ4n) is 7.66. The Morgan fingerprint density at radius 3 is 1.38 bits per heavy atom. The first-order valence-electron chi connectivity index (χ1n) is 25.9. The van der Waals surface area contributed by atoms with Crippen LogP contribution in [0.1, 0.15) is 168 Å². The fourth-order valence-corrected chi connectivity index (χ4v) is 7.66. The molecule has 7 N–H and O–H groups in total. The second-order valence-electron chi connectivity index (χ2n) is 18.0. The van der Waals surface area contributed by atoms with Crippen LogP contribution in [0.5, 0.6) is 0 Å². The molecule has 0 aromatic heterocycles. The summed E-state index contributed by atoms with van der Waals surface area (Å²) in [7, 11) is 0. The molecule has 15 heteroatoms. The van der Waals surface area contributed by atoms with Crippen LogP contribution in [0, 0.1) is 0 Å². The molecule has 2 aliphatic heterocycles. The standard InChI is InChI=1S/C53H90O15/c1-3-5-7-9-11-13-15-17-19-20-22-23-25-27-29-31-33-35-44(55)63-38-41(66-45(56)36-34-32-30-28-26-24-21-18-16-14-12-10-8-6-4-2)39-64-52-51(62)49(60)47(58)43(68-52)40-65-53-50(61)48(59)46(57)42(37-54)67-53/h11-14,17-19,21-23,41-43,46-54,57-62H,3-10,15-16,20,24-40H2,1-2H3/b13-11+,14-12+,19-17+,21-18+,23-22+/t41-,42+,43+,46-,47-,48?,49?,50?,51?,52+,53+/m0/s1. The summed E-state index contributed by atoms with van der Waals surface area (Å²) < 4.78 is 33.5. The zero-order chi connectivity index (χ0) is 49.6. The zero-order valence-electron chi connectivity index (χ0n) is 41.3. The van der Waals surface area contributed by atoms with Crippen molar-refractivity contribution in [2.75, 3.05) is 26.4 Å². The van der Waals surface area contributed by atoms with Crippen molar-refractivity contribution in [3.8, 4) is 0 Å². The number of esters is 2. The number of hydrogen-bond donors (Lipinski definition) is 7. The van der Waals surface area contributed by atoms with Gasteiger partial charge < -0.3 is 64.2 Å². The van der Waals surface area contributed by atoms with Crippen LogP contribution in [-0.2, 0) is 38.0 Å². The number of aliphatic hydroxyl groups excluding tert-OH is 7. The van der Waals surface area contributed by atoms with Crippen molar-refractivity contribution in [3.05, 3.63) is 60.8 Å². The van der Waals surface area contributed by atoms with E-state index in [1.165, 1.54) is 38.5 Å². The maximum atomic E-state index is 13.0. The molecule has 4 unspecified atom stereocenters. The minimum Gasteiger partial charge on any atom is -0.462 e. The van der Waals surface area contributed by atoms with Gasteiger partial charge in [0.15, 0.2) is 18.7 Å². The Morgan fingerprint density at radius 2 is 0.882 bits per heavy atom. The van der Waals surface area contributed by atoms with Gasteiger partial charge in [-0.15, -0.1) is 0 Å². The van der Waals surface area contributed by atoms with E-state index < -0.39 is 99.3 Å². The highest BCUT2D eigenvalue weighted by molar-refractivity contribution is 5.70. The van der Waals surface area contributed by atoms with Gasteiger partial charge in [-0.3, -0.25) is 9.59 Å². The van der Waals surface area contributed by atoms with Crippen LogP contribution in [0.25, 0.3) is 0 Å². The number of hydrogen-bond acceptors (Lipinski definition) is 15. The van der Waals surface area contributed by atoms with Crippen LogP contribution < -0.4 is 0 Å². The van der Waals surface area contributed by atoms with Crippen LogP contribution in [0.4, 0.5) is 0 Å². The Morgan fingerprint density at radius 1 is 0.471 bits per heavy atom. The second-order valence-corrected chi connectivity index (χ2v) is 18.0. The van der Waals surface area contributed by atoms with E-state index in [1.54, 1.807) is 0 Å². The van der Waals surface area contributed by atoms with Crippen LogP contribution in [0.15, 0.2) is 60.8 Å². The fraction of sp³-hybridized carbons (Fsp3) is 0.774. The summed E-state index contributed by atoms with van der Waals surface area (Å²) in [6.07, 6.45) is 28.1. The third-order valence-corrected chi connectivity index (χ3v) is 12.0. The molecule has 0 bridgehead atoms. The molecule has 0 aromatic carbocycles. The summed E-state index contributed by atoms with van der Waals surface area (Å²) in [6.45, 7) is 2.48. The van der Waals surface area contributed by atoms with Crippen molar-refractivity contribution in [3.63, 3.8) is 0 Å². The Kier molecular flexibility index (Phi) is 36.0. The highest BCUT2D eigenvalue weighted by Crippen LogP contribution is 2.26. The molecular formula is C53H90O15. The van der Waals surface area contributed by atoms with Crippen molar-refractivity contribution in [1.29, 1.82) is 0 Å². The smallest absolute Gasteiger partial charge is 0.306 e. The predicted molar refractivity (Wildman–Crippen MR) is 261 cm³/mol. The predicted octanol–water partition coefficient (Wildman–Crippen LogP) is 7.27. The van der Waals surface area contributed by atoms with Crippen molar-refractivity contribution in [2.45, 2.75) is 235 Å². The van der Waals surface area contributed by atoms with E-state index in [0.717, 1.165) is 89.9 Å². The van der Waals surface area contributed by atoms with Crippen LogP contribution >= 0.6 is 0 Å². The van der Waals surface area contributed by atoms with Crippen LogP contribution in [0.3, 0.4) is 0 Å². The Bertz CT molecular complexity index is 1420. The van der Waals surface area contributed by atoms with E-state index in [1.807, 2.05) is 0 Å². The molecule has 0 radical (unpaired) electrons. The van der Waals surface area contributed by atoms with E-state index in [4.69, 9.17) is 28.4 Å². The van der Waals surface area contributed by atoms with Gasteiger partial charge in [-0.05, 0) is 83.5 Å². The molecule has 2 heterocycles. The normalized spacial score (nSPS) is 26.2. The van der Waals surface area contributed by atoms with E-state index >= 15 is 0 Å². The maximum Gasteiger partial charge on any atom is 0.306 e. The monoisotopic (exact) mass is 967 g/mol. The highest BCUT2D eigenvalue weighted by Gasteiger charge is 2.47. The van der Waals surface area contributed by atoms with E-state index in [2.05, 4.69) is 74.6 Å². The van der Waals surface area contributed by atoms with E-state index in [9.17, 15) is 45.3 Å². The largest absolute Gasteiger partial charge is 0.462 e. The summed E-state index contributed by atoms with van der Waals surface area (Å²) in [6, 6.07) is 0. The lowest BCUT2D eigenvalue weighted by atomic mass is 9.98. The first-order chi connectivity index (χ1) is 33.0. The van der Waals surface area contributed by atoms with E-state index in [-0.39, 0.29) is 19.4 Å². The molecule has 0 amide bonds. The summed E-state index contributed by atoms with van der Waals surface area (Å²) in [5.41, 5.74) is 0. The maximum absolute atomic E-state index is 13.0. The van der Waals surface area contributed by atoms with Gasteiger partial charge in [0.25, 0.3) is 0 Å². The van der Waals surface area contributed by atoms with Gasteiger partial charge in [-0.2, -0.15) is 0 Å². The first-order valence-corrected chi connectivity index (χ1v) is 25.9. The Hall–Kier alpha value is -2.80. The molecule has 2 fully saturated rings. The Labute approximate surface area is 407 Å². The molecular weight excluding hydrogens is 877 g/mol. The van der Waals surface area contributed by atoms with Gasteiger partial charge in [-0.25, -0.2) is 0 Å². The van der Waals surface area contributed by atoms with Gasteiger partial charge in [0.1, 0.15) is 55.4 Å². The van der Waals surface area contributed by atoms with Crippen LogP contribution in [0.2, 0.25) is 0 Å². The number of allylic oxidation sites excluding steroid dienone is 10. The lowest BCUT2D eigenvalue weighted by Crippen LogP contribution is -2.61. The van der Waals surface area contributed by atoms with Gasteiger partial charge in [0, 0.05) is 12.8 Å². The van der Waals surface area contributed by atoms with Crippen molar-refractivity contribution >= 4 is 11.9 Å². The summed E-state index contributed by atoms with van der Waals surface area (Å²) >= 11 is 0. The van der Waals surface area contributed by atoms with Gasteiger partial charge >= 0.3 is 11.9 Å². The summed E-state index contributed by atoms with van der Waals surface area (Å²) in [4.78, 5) is 25.8. The van der Waals surface area contributed by atoms with Gasteiger partial charge in [0.05, 0.1) is 19.8 Å². The average molecular weight is 967 g/mol. The minimum absolute atomic E-state index is 0.141.